The summed E-state index contributed by atoms with van der Waals surface area (Å²) < 4.78 is 24.5. The molecule has 5 heteroatoms. The van der Waals surface area contributed by atoms with Gasteiger partial charge in [-0.3, -0.25) is 4.79 Å². The Labute approximate surface area is 86.8 Å². The highest BCUT2D eigenvalue weighted by Gasteiger charge is 2.18. The van der Waals surface area contributed by atoms with Crippen LogP contribution in [0.3, 0.4) is 0 Å². The molecule has 0 fully saturated rings. The third-order valence-electron chi connectivity index (χ3n) is 1.39. The van der Waals surface area contributed by atoms with Crippen molar-refractivity contribution in [1.82, 2.24) is 0 Å². The Morgan fingerprint density at radius 1 is 1.46 bits per heavy atom. The van der Waals surface area contributed by atoms with Gasteiger partial charge in [0.2, 0.25) is 0 Å². The van der Waals surface area contributed by atoms with E-state index in [1.165, 1.54) is 0 Å². The van der Waals surface area contributed by atoms with E-state index in [2.05, 4.69) is 15.9 Å². The lowest BCUT2D eigenvalue weighted by atomic mass is 10.1. The fourth-order valence-corrected chi connectivity index (χ4v) is 1.17. The van der Waals surface area contributed by atoms with Gasteiger partial charge in [-0.15, -0.1) is 11.6 Å². The normalized spacial score (nSPS) is 12.6. The second-order valence-electron chi connectivity index (χ2n) is 2.29. The summed E-state index contributed by atoms with van der Waals surface area (Å²) in [6.45, 7) is 0. The Morgan fingerprint density at radius 2 is 2.08 bits per heavy atom. The molecule has 0 heterocycles. The van der Waals surface area contributed by atoms with Crippen molar-refractivity contribution in [1.29, 1.82) is 0 Å². The van der Waals surface area contributed by atoms with E-state index in [0.717, 1.165) is 18.2 Å². The van der Waals surface area contributed by atoms with Gasteiger partial charge in [0.05, 0.1) is 5.56 Å². The van der Waals surface area contributed by atoms with E-state index in [9.17, 15) is 13.6 Å². The van der Waals surface area contributed by atoms with Crippen molar-refractivity contribution < 1.29 is 13.6 Å². The van der Waals surface area contributed by atoms with Gasteiger partial charge >= 0.3 is 0 Å². The van der Waals surface area contributed by atoms with Crippen molar-refractivity contribution >= 4 is 33.3 Å². The smallest absolute Gasteiger partial charge is 0.194 e. The van der Waals surface area contributed by atoms with Crippen LogP contribution in [-0.2, 0) is 0 Å². The molecule has 1 aromatic rings. The third-order valence-corrected chi connectivity index (χ3v) is 2.01. The number of rotatable bonds is 2. The van der Waals surface area contributed by atoms with Gasteiger partial charge < -0.3 is 0 Å². The van der Waals surface area contributed by atoms with Crippen LogP contribution >= 0.6 is 27.5 Å². The first-order valence-electron chi connectivity index (χ1n) is 3.30. The number of alkyl halides is 2. The van der Waals surface area contributed by atoms with Crippen molar-refractivity contribution in [3.05, 3.63) is 35.4 Å². The van der Waals surface area contributed by atoms with E-state index in [1.54, 1.807) is 0 Å². The molecule has 1 unspecified atom stereocenters. The third kappa shape index (κ3) is 2.48. The van der Waals surface area contributed by atoms with Crippen molar-refractivity contribution in [2.75, 3.05) is 0 Å². The minimum Gasteiger partial charge on any atom is -0.291 e. The maximum atomic E-state index is 12.9. The second kappa shape index (κ2) is 4.15. The maximum Gasteiger partial charge on any atom is 0.194 e. The molecule has 0 aliphatic rings. The average molecular weight is 269 g/mol. The molecule has 0 saturated heterocycles. The van der Waals surface area contributed by atoms with Gasteiger partial charge in [-0.05, 0) is 18.2 Å². The molecule has 1 rings (SSSR count). The maximum absolute atomic E-state index is 12.9. The van der Waals surface area contributed by atoms with Gasteiger partial charge in [0.25, 0.3) is 0 Å². The first kappa shape index (κ1) is 10.6. The van der Waals surface area contributed by atoms with Crippen LogP contribution in [-0.4, -0.2) is 10.1 Å². The Kier molecular flexibility index (Phi) is 3.39. The molecule has 0 aliphatic carbocycles. The number of Topliss-reactive ketones (excluding diaryl/α,β-unsaturated/α-hetero) is 1. The van der Waals surface area contributed by atoms with Gasteiger partial charge in [-0.25, -0.2) is 8.78 Å². The highest BCUT2D eigenvalue weighted by molar-refractivity contribution is 9.10. The number of halogens is 4. The lowest BCUT2D eigenvalue weighted by molar-refractivity contribution is 0.101. The summed E-state index contributed by atoms with van der Waals surface area (Å²) in [4.78, 5) is 11.1. The second-order valence-corrected chi connectivity index (χ2v) is 4.17. The van der Waals surface area contributed by atoms with Crippen LogP contribution in [0.15, 0.2) is 18.2 Å². The van der Waals surface area contributed by atoms with Crippen molar-refractivity contribution in [3.63, 3.8) is 0 Å². The molecule has 1 atom stereocenters. The summed E-state index contributed by atoms with van der Waals surface area (Å²) in [7, 11) is 0. The molecule has 0 amide bonds. The van der Waals surface area contributed by atoms with Crippen LogP contribution in [0.4, 0.5) is 8.78 Å². The topological polar surface area (TPSA) is 17.1 Å². The number of benzene rings is 1. The zero-order chi connectivity index (χ0) is 10.0. The Morgan fingerprint density at radius 3 is 2.62 bits per heavy atom. The molecule has 0 bridgehead atoms. The van der Waals surface area contributed by atoms with Crippen molar-refractivity contribution in [3.8, 4) is 0 Å². The summed E-state index contributed by atoms with van der Waals surface area (Å²) >= 11 is 8.13. The monoisotopic (exact) mass is 268 g/mol. The van der Waals surface area contributed by atoms with E-state index in [0.29, 0.717) is 0 Å². The summed E-state index contributed by atoms with van der Waals surface area (Å²) in [6, 6.07) is 2.63. The van der Waals surface area contributed by atoms with Gasteiger partial charge in [0.1, 0.15) is 11.6 Å². The van der Waals surface area contributed by atoms with Crippen LogP contribution in [0.5, 0.6) is 0 Å². The van der Waals surface area contributed by atoms with Crippen LogP contribution in [0.1, 0.15) is 10.4 Å². The van der Waals surface area contributed by atoms with Gasteiger partial charge in [0, 0.05) is 0 Å². The van der Waals surface area contributed by atoms with Crippen LogP contribution in [0.25, 0.3) is 0 Å². The highest BCUT2D eigenvalue weighted by atomic mass is 79.9. The molecule has 1 nitrogen and oxygen atoms in total. The summed E-state index contributed by atoms with van der Waals surface area (Å²) in [6.07, 6.45) is 0. The van der Waals surface area contributed by atoms with Crippen LogP contribution in [0, 0.1) is 11.6 Å². The predicted molar refractivity (Wildman–Crippen MR) is 49.3 cm³/mol. The standard InChI is InChI=1S/C8H4BrClF2O/c9-8(10)7(13)5-3-4(11)1-2-6(5)12/h1-3,8H. The molecule has 0 saturated carbocycles. The zero-order valence-electron chi connectivity index (χ0n) is 6.23. The molecule has 70 valence electrons. The summed E-state index contributed by atoms with van der Waals surface area (Å²) in [5.41, 5.74) is -0.350. The fourth-order valence-electron chi connectivity index (χ4n) is 0.804. The van der Waals surface area contributed by atoms with Crippen LogP contribution in [0.2, 0.25) is 0 Å². The predicted octanol–water partition coefficient (Wildman–Crippen LogP) is 3.11. The summed E-state index contributed by atoms with van der Waals surface area (Å²) in [5.74, 6) is -2.15. The Bertz CT molecular complexity index is 341. The molecule has 13 heavy (non-hydrogen) atoms. The molecule has 0 spiro atoms. The lowest BCUT2D eigenvalue weighted by Gasteiger charge is -2.02. The van der Waals surface area contributed by atoms with E-state index in [4.69, 9.17) is 11.6 Å². The number of ketones is 1. The average Bonchev–Trinajstić information content (AvgIpc) is 2.08. The SMILES string of the molecule is O=C(c1cc(F)ccc1F)C(Cl)Br. The van der Waals surface area contributed by atoms with Crippen molar-refractivity contribution in [2.24, 2.45) is 0 Å². The molecular weight excluding hydrogens is 265 g/mol. The van der Waals surface area contributed by atoms with Gasteiger partial charge in [0.15, 0.2) is 10.1 Å². The molecule has 0 aliphatic heterocycles. The molecular formula is C8H4BrClF2O. The van der Waals surface area contributed by atoms with Crippen LogP contribution < -0.4 is 0 Å². The molecule has 0 N–H and O–H groups in total. The first-order valence-corrected chi connectivity index (χ1v) is 4.65. The van der Waals surface area contributed by atoms with Gasteiger partial charge in [-0.2, -0.15) is 0 Å². The summed E-state index contributed by atoms with van der Waals surface area (Å²) in [5, 5.41) is 0. The quantitative estimate of drug-likeness (QED) is 0.595. The first-order chi connectivity index (χ1) is 6.02. The van der Waals surface area contributed by atoms with E-state index in [-0.39, 0.29) is 5.56 Å². The number of carbonyl (C=O) groups is 1. The van der Waals surface area contributed by atoms with Crippen molar-refractivity contribution in [2.45, 2.75) is 4.29 Å². The van der Waals surface area contributed by atoms with Gasteiger partial charge in [-0.1, -0.05) is 15.9 Å². The minimum atomic E-state index is -1.04. The fraction of sp³-hybridized carbons (Fsp3) is 0.125. The Balaban J connectivity index is 3.13. The Hall–Kier alpha value is -0.480. The molecule has 1 aromatic carbocycles. The largest absolute Gasteiger partial charge is 0.291 e. The highest BCUT2D eigenvalue weighted by Crippen LogP contribution is 2.17. The number of carbonyl (C=O) groups excluding carboxylic acids is 1. The minimum absolute atomic E-state index is 0.350. The van der Waals surface area contributed by atoms with E-state index in [1.807, 2.05) is 0 Å². The van der Waals surface area contributed by atoms with E-state index >= 15 is 0 Å². The molecule has 0 radical (unpaired) electrons. The number of hydrogen-bond donors (Lipinski definition) is 0. The lowest BCUT2D eigenvalue weighted by Crippen LogP contribution is -2.10. The zero-order valence-corrected chi connectivity index (χ0v) is 8.57. The number of hydrogen-bond acceptors (Lipinski definition) is 1. The van der Waals surface area contributed by atoms with E-state index < -0.39 is 21.7 Å². The molecule has 0 aromatic heterocycles.